The molecule has 0 bridgehead atoms. The first kappa shape index (κ1) is 31.3. The number of aliphatic hydroxyl groups is 4. The van der Waals surface area contributed by atoms with Crippen LogP contribution in [0.25, 0.3) is 0 Å². The average Bonchev–Trinajstić information content (AvgIpc) is 2.99. The lowest BCUT2D eigenvalue weighted by Gasteiger charge is -2.42. The molecule has 1 fully saturated rings. The molecule has 42 heavy (non-hydrogen) atoms. The molecule has 1 unspecified atom stereocenters. The van der Waals surface area contributed by atoms with Crippen LogP contribution in [0.15, 0.2) is 90.9 Å². The van der Waals surface area contributed by atoms with Crippen LogP contribution < -0.4 is 10.0 Å². The molecule has 3 heterocycles. The lowest BCUT2D eigenvalue weighted by Crippen LogP contribution is -3.14. The van der Waals surface area contributed by atoms with Gasteiger partial charge in [0.1, 0.15) is 37.0 Å². The number of aliphatic hydroxyl groups excluding tert-OH is 4. The standard InChI is InChI=1S/C30H35NO11/c1-2-19-20(11-10-18-9-6-12-31(14-18)22(28(38)39)13-17-7-4-3-5-8-17)21(27(36)37)16-40-29(19)42-30-26(35)25(34)24(33)23(15-32)41-30/h2-12,16,19-20,22-26,29-30,32-35H,1,13-15H2,(H,36,37)(H,38,39)/t19-,20+,22-,23-,24-,25+,26-,29+,30+/m1/s1. The summed E-state index contributed by atoms with van der Waals surface area (Å²) in [5, 5.41) is 61.9. The van der Waals surface area contributed by atoms with Crippen molar-refractivity contribution in [3.63, 3.8) is 0 Å². The predicted octanol–water partition coefficient (Wildman–Crippen LogP) is -2.20. The number of carbonyl (C=O) groups is 2. The lowest BCUT2D eigenvalue weighted by molar-refractivity contribution is -0.862. The van der Waals surface area contributed by atoms with E-state index >= 15 is 0 Å². The number of ether oxygens (including phenoxy) is 3. The molecule has 10 atom stereocenters. The molecular formula is C30H35NO11. The van der Waals surface area contributed by atoms with Crippen LogP contribution >= 0.6 is 0 Å². The van der Waals surface area contributed by atoms with E-state index in [9.17, 15) is 40.2 Å². The third-order valence-corrected chi connectivity index (χ3v) is 7.61. The zero-order valence-corrected chi connectivity index (χ0v) is 22.6. The second-order valence-corrected chi connectivity index (χ2v) is 10.3. The molecule has 0 aromatic heterocycles. The Labute approximate surface area is 242 Å². The van der Waals surface area contributed by atoms with Crippen molar-refractivity contribution in [1.82, 2.24) is 0 Å². The van der Waals surface area contributed by atoms with E-state index in [4.69, 9.17) is 14.2 Å². The third kappa shape index (κ3) is 7.05. The van der Waals surface area contributed by atoms with Gasteiger partial charge in [-0.05, 0) is 17.7 Å². The predicted molar refractivity (Wildman–Crippen MR) is 144 cm³/mol. The fourth-order valence-electron chi connectivity index (χ4n) is 5.25. The van der Waals surface area contributed by atoms with Gasteiger partial charge in [-0.3, -0.25) is 4.90 Å². The minimum atomic E-state index is -1.68. The number of rotatable bonds is 11. The van der Waals surface area contributed by atoms with Gasteiger partial charge < -0.3 is 49.6 Å². The third-order valence-electron chi connectivity index (χ3n) is 7.61. The van der Waals surface area contributed by atoms with E-state index in [-0.39, 0.29) is 12.0 Å². The Kier molecular flexibility index (Phi) is 10.5. The van der Waals surface area contributed by atoms with Crippen LogP contribution in [0.2, 0.25) is 0 Å². The lowest BCUT2D eigenvalue weighted by atomic mass is 9.83. The highest BCUT2D eigenvalue weighted by Crippen LogP contribution is 2.36. The van der Waals surface area contributed by atoms with E-state index in [1.807, 2.05) is 30.3 Å². The second kappa shape index (κ2) is 14.0. The van der Waals surface area contributed by atoms with E-state index in [2.05, 4.69) is 6.58 Å². The van der Waals surface area contributed by atoms with Gasteiger partial charge in [-0.15, -0.1) is 6.58 Å². The molecule has 0 radical (unpaired) electrons. The molecule has 12 heteroatoms. The molecule has 226 valence electrons. The van der Waals surface area contributed by atoms with Crippen LogP contribution in [0.4, 0.5) is 0 Å². The van der Waals surface area contributed by atoms with Gasteiger partial charge in [0.15, 0.2) is 6.29 Å². The molecule has 1 saturated heterocycles. The zero-order chi connectivity index (χ0) is 30.4. The van der Waals surface area contributed by atoms with Crippen molar-refractivity contribution in [1.29, 1.82) is 0 Å². The maximum absolute atomic E-state index is 12.1. The highest BCUT2D eigenvalue weighted by atomic mass is 16.8. The van der Waals surface area contributed by atoms with Gasteiger partial charge in [-0.1, -0.05) is 48.6 Å². The van der Waals surface area contributed by atoms with Crippen molar-refractivity contribution in [2.24, 2.45) is 11.8 Å². The molecule has 1 aromatic carbocycles. The highest BCUT2D eigenvalue weighted by Gasteiger charge is 2.47. The van der Waals surface area contributed by atoms with E-state index in [1.165, 1.54) is 6.08 Å². The maximum Gasteiger partial charge on any atom is 0.335 e. The number of allylic oxidation sites excluding steroid dienone is 3. The smallest absolute Gasteiger partial charge is 0.335 e. The number of benzene rings is 1. The van der Waals surface area contributed by atoms with Crippen molar-refractivity contribution in [3.8, 4) is 0 Å². The summed E-state index contributed by atoms with van der Waals surface area (Å²) in [6, 6.07) is 8.37. The highest BCUT2D eigenvalue weighted by molar-refractivity contribution is 5.87. The van der Waals surface area contributed by atoms with Crippen LogP contribution in [0.1, 0.15) is 5.56 Å². The number of quaternary nitrogens is 1. The second-order valence-electron chi connectivity index (χ2n) is 10.3. The Morgan fingerprint density at radius 3 is 2.52 bits per heavy atom. The summed E-state index contributed by atoms with van der Waals surface area (Å²) in [5.74, 6) is -4.06. The number of carboxylic acid groups (broad SMARTS) is 2. The van der Waals surface area contributed by atoms with Crippen LogP contribution in [0.3, 0.4) is 0 Å². The van der Waals surface area contributed by atoms with Gasteiger partial charge in [0.2, 0.25) is 6.29 Å². The van der Waals surface area contributed by atoms with Gasteiger partial charge in [0.05, 0.1) is 36.5 Å². The van der Waals surface area contributed by atoms with E-state index in [0.29, 0.717) is 11.4 Å². The Bertz CT molecular complexity index is 1240. The largest absolute Gasteiger partial charge is 0.544 e. The molecule has 1 aromatic rings. The first-order valence-electron chi connectivity index (χ1n) is 13.5. The molecular weight excluding hydrogens is 550 g/mol. The minimum absolute atomic E-state index is 0.0994. The fourth-order valence-corrected chi connectivity index (χ4v) is 5.25. The number of nitrogens with one attached hydrogen (secondary N) is 1. The molecule has 0 amide bonds. The Morgan fingerprint density at radius 1 is 1.14 bits per heavy atom. The Hall–Kier alpha value is -3.62. The topological polar surface area (TPSA) is 190 Å². The van der Waals surface area contributed by atoms with Crippen LogP contribution in [0, 0.1) is 11.8 Å². The molecule has 4 rings (SSSR count). The summed E-state index contributed by atoms with van der Waals surface area (Å²) in [6.07, 6.45) is 2.46. The fraction of sp³-hybridized carbons (Fsp3) is 0.400. The number of hydrogen-bond acceptors (Lipinski definition) is 10. The molecule has 3 aliphatic heterocycles. The molecule has 6 N–H and O–H groups in total. The monoisotopic (exact) mass is 585 g/mol. The Balaban J connectivity index is 1.51. The summed E-state index contributed by atoms with van der Waals surface area (Å²) in [4.78, 5) is 24.7. The van der Waals surface area contributed by atoms with E-state index < -0.39 is 73.4 Å². The van der Waals surface area contributed by atoms with Crippen molar-refractivity contribution < 1.29 is 59.3 Å². The zero-order valence-electron chi connectivity index (χ0n) is 22.6. The quantitative estimate of drug-likeness (QED) is 0.155. The molecule has 12 nitrogen and oxygen atoms in total. The average molecular weight is 586 g/mol. The molecule has 0 aliphatic carbocycles. The van der Waals surface area contributed by atoms with Crippen molar-refractivity contribution in [2.45, 2.75) is 49.5 Å². The molecule has 3 aliphatic rings. The summed E-state index contributed by atoms with van der Waals surface area (Å²) in [7, 11) is 0. The SMILES string of the molecule is C=C[C@H]1[C@H](O[C@@H]2O[C@H](CO)[C@@H](O)[C@H](O)[C@H]2O)OC=C(C(=O)O)[C@H]1C=CC1=CC=C[NH+]([C@H](Cc2ccccc2)C(=O)[O-])C1. The first-order valence-corrected chi connectivity index (χ1v) is 13.5. The van der Waals surface area contributed by atoms with Gasteiger partial charge in [-0.25, -0.2) is 4.79 Å². The van der Waals surface area contributed by atoms with E-state index in [0.717, 1.165) is 17.4 Å². The van der Waals surface area contributed by atoms with Crippen molar-refractivity contribution >= 4 is 11.9 Å². The number of carbonyl (C=O) groups excluding carboxylic acids is 1. The minimum Gasteiger partial charge on any atom is -0.544 e. The van der Waals surface area contributed by atoms with Crippen molar-refractivity contribution in [2.75, 3.05) is 13.2 Å². The van der Waals surface area contributed by atoms with Crippen molar-refractivity contribution in [3.05, 3.63) is 96.5 Å². The van der Waals surface area contributed by atoms with Gasteiger partial charge in [-0.2, -0.15) is 0 Å². The summed E-state index contributed by atoms with van der Waals surface area (Å²) < 4.78 is 16.7. The normalized spacial score (nSPS) is 33.8. The van der Waals surface area contributed by atoms with Crippen LogP contribution in [-0.4, -0.2) is 93.7 Å². The van der Waals surface area contributed by atoms with Crippen LogP contribution in [0.5, 0.6) is 0 Å². The van der Waals surface area contributed by atoms with Crippen LogP contribution in [-0.2, 0) is 30.2 Å². The molecule has 0 spiro atoms. The molecule has 0 saturated carbocycles. The number of aliphatic carboxylic acids is 2. The number of carboxylic acids is 2. The van der Waals surface area contributed by atoms with Gasteiger partial charge in [0, 0.05) is 17.9 Å². The number of hydrogen-bond donors (Lipinski definition) is 6. The summed E-state index contributed by atoms with van der Waals surface area (Å²) in [5.41, 5.74) is 1.49. The summed E-state index contributed by atoms with van der Waals surface area (Å²) in [6.45, 7) is 3.44. The first-order chi connectivity index (χ1) is 20.1. The maximum atomic E-state index is 12.1. The van der Waals surface area contributed by atoms with Gasteiger partial charge >= 0.3 is 5.97 Å². The summed E-state index contributed by atoms with van der Waals surface area (Å²) >= 11 is 0. The Morgan fingerprint density at radius 2 is 1.88 bits per heavy atom. The van der Waals surface area contributed by atoms with E-state index in [1.54, 1.807) is 30.5 Å². The van der Waals surface area contributed by atoms with Gasteiger partial charge in [0.25, 0.3) is 0 Å².